The number of nitrogens with one attached hydrogen (secondary N) is 1. The van der Waals surface area contributed by atoms with Crippen molar-refractivity contribution in [2.24, 2.45) is 0 Å². The first kappa shape index (κ1) is 19.1. The molecule has 0 aromatic heterocycles. The zero-order chi connectivity index (χ0) is 18.6. The van der Waals surface area contributed by atoms with Gasteiger partial charge in [0, 0.05) is 19.2 Å². The van der Waals surface area contributed by atoms with Crippen LogP contribution in [0.15, 0.2) is 29.9 Å². The Morgan fingerprint density at radius 3 is 2.48 bits per heavy atom. The molecule has 1 fully saturated rings. The largest absolute Gasteiger partial charge is 0.395 e. The minimum Gasteiger partial charge on any atom is -0.395 e. The van der Waals surface area contributed by atoms with Crippen LogP contribution in [0, 0.1) is 10.1 Å². The predicted octanol–water partition coefficient (Wildman–Crippen LogP) is 2.08. The highest BCUT2D eigenvalue weighted by atomic mass is 32.2. The molecule has 0 saturated carbocycles. The molecule has 1 saturated heterocycles. The fourth-order valence-electron chi connectivity index (χ4n) is 2.55. The number of piperidine rings is 1. The summed E-state index contributed by atoms with van der Waals surface area (Å²) in [4.78, 5) is 12.2. The number of nitrogens with zero attached hydrogens (tertiary/aromatic N) is 2. The number of nitro groups is 1. The van der Waals surface area contributed by atoms with Crippen LogP contribution in [-0.4, -0.2) is 43.9 Å². The molecule has 0 unspecified atom stereocenters. The fraction of sp³-hybridized carbons (Fsp3) is 0.429. The summed E-state index contributed by atoms with van der Waals surface area (Å²) in [6, 6.07) is 3.70. The molecule has 0 radical (unpaired) electrons. The molecule has 0 aliphatic carbocycles. The molecule has 2 rings (SSSR count). The summed E-state index contributed by atoms with van der Waals surface area (Å²) in [6.07, 6.45) is -1.56. The molecule has 1 heterocycles. The van der Waals surface area contributed by atoms with Crippen molar-refractivity contribution < 1.29 is 27.2 Å². The normalized spacial score (nSPS) is 15.2. The highest BCUT2D eigenvalue weighted by molar-refractivity contribution is 7.92. The first-order valence-corrected chi connectivity index (χ1v) is 9.06. The average molecular weight is 377 g/mol. The van der Waals surface area contributed by atoms with Crippen LogP contribution in [0.25, 0.3) is 0 Å². The van der Waals surface area contributed by atoms with E-state index < -0.39 is 33.4 Å². The van der Waals surface area contributed by atoms with Crippen LogP contribution in [0.2, 0.25) is 0 Å². The minimum atomic E-state index is -3.78. The van der Waals surface area contributed by atoms with Gasteiger partial charge in [0.1, 0.15) is 5.69 Å². The molecule has 1 aliphatic heterocycles. The van der Waals surface area contributed by atoms with Gasteiger partial charge in [-0.3, -0.25) is 14.8 Å². The first-order valence-electron chi connectivity index (χ1n) is 7.41. The third-order valence-electron chi connectivity index (χ3n) is 3.78. The second-order valence-electron chi connectivity index (χ2n) is 5.46. The number of anilines is 2. The monoisotopic (exact) mass is 377 g/mol. The number of sulfonamides is 1. The quantitative estimate of drug-likeness (QED) is 0.580. The summed E-state index contributed by atoms with van der Waals surface area (Å²) in [5.74, 6) is -0.507. The van der Waals surface area contributed by atoms with Gasteiger partial charge in [0.2, 0.25) is 10.0 Å². The Hall–Kier alpha value is -2.27. The molecule has 11 heteroatoms. The van der Waals surface area contributed by atoms with E-state index in [0.29, 0.717) is 0 Å². The summed E-state index contributed by atoms with van der Waals surface area (Å²) in [6.45, 7) is -0.230. The smallest absolute Gasteiger partial charge is 0.292 e. The lowest BCUT2D eigenvalue weighted by Gasteiger charge is -2.29. The lowest BCUT2D eigenvalue weighted by Crippen LogP contribution is -2.31. The van der Waals surface area contributed by atoms with Gasteiger partial charge >= 0.3 is 0 Å². The van der Waals surface area contributed by atoms with Gasteiger partial charge in [0.15, 0.2) is 0 Å². The number of halogens is 2. The molecular formula is C14H17F2N3O5S. The second-order valence-corrected chi connectivity index (χ2v) is 7.30. The standard InChI is InChI=1S/C14H17F2N3O5S/c15-14(16)10-3-5-18(6-4-10)13-9-11(1-2-12(13)19(21)22)17-25(23,24)8-7-20/h1-2,9,17,20H,3-8H2. The number of nitro benzene ring substituents is 1. The summed E-state index contributed by atoms with van der Waals surface area (Å²) >= 11 is 0. The zero-order valence-corrected chi connectivity index (χ0v) is 13.9. The van der Waals surface area contributed by atoms with Crippen molar-refractivity contribution in [2.75, 3.05) is 35.1 Å². The Morgan fingerprint density at radius 2 is 1.96 bits per heavy atom. The molecule has 1 aromatic rings. The van der Waals surface area contributed by atoms with E-state index in [1.807, 2.05) is 0 Å². The maximum absolute atomic E-state index is 12.6. The first-order chi connectivity index (χ1) is 11.7. The number of aliphatic hydroxyl groups is 1. The predicted molar refractivity (Wildman–Crippen MR) is 88.3 cm³/mol. The van der Waals surface area contributed by atoms with E-state index >= 15 is 0 Å². The number of rotatable bonds is 6. The van der Waals surface area contributed by atoms with Crippen LogP contribution < -0.4 is 9.62 Å². The third-order valence-corrected chi connectivity index (χ3v) is 5.05. The highest BCUT2D eigenvalue weighted by Gasteiger charge is 2.25. The number of benzene rings is 1. The van der Waals surface area contributed by atoms with Crippen LogP contribution in [0.4, 0.5) is 25.8 Å². The van der Waals surface area contributed by atoms with E-state index in [2.05, 4.69) is 4.72 Å². The third kappa shape index (κ3) is 4.86. The fourth-order valence-corrected chi connectivity index (χ4v) is 3.38. The van der Waals surface area contributed by atoms with Crippen molar-refractivity contribution >= 4 is 27.1 Å². The van der Waals surface area contributed by atoms with E-state index in [-0.39, 0.29) is 48.6 Å². The molecule has 2 N–H and O–H groups in total. The zero-order valence-electron chi connectivity index (χ0n) is 13.1. The van der Waals surface area contributed by atoms with Crippen molar-refractivity contribution in [3.63, 3.8) is 0 Å². The summed E-state index contributed by atoms with van der Waals surface area (Å²) in [5.41, 5.74) is 0.0524. The number of hydrogen-bond acceptors (Lipinski definition) is 6. The van der Waals surface area contributed by atoms with Crippen LogP contribution in [0.1, 0.15) is 12.8 Å². The number of aliphatic hydroxyl groups excluding tert-OH is 1. The summed E-state index contributed by atoms with van der Waals surface area (Å²) in [5, 5.41) is 20.0. The molecule has 0 spiro atoms. The lowest BCUT2D eigenvalue weighted by molar-refractivity contribution is -0.384. The van der Waals surface area contributed by atoms with Crippen molar-refractivity contribution in [2.45, 2.75) is 12.8 Å². The van der Waals surface area contributed by atoms with E-state index in [1.54, 1.807) is 4.90 Å². The molecule has 0 amide bonds. The molecule has 1 aliphatic rings. The minimum absolute atomic E-state index is 0.0266. The molecule has 1 aromatic carbocycles. The van der Waals surface area contributed by atoms with E-state index in [4.69, 9.17) is 5.11 Å². The van der Waals surface area contributed by atoms with Gasteiger partial charge in [-0.1, -0.05) is 0 Å². The Labute approximate surface area is 143 Å². The molecule has 25 heavy (non-hydrogen) atoms. The molecule has 0 bridgehead atoms. The average Bonchev–Trinajstić information content (AvgIpc) is 2.54. The van der Waals surface area contributed by atoms with Crippen molar-refractivity contribution in [3.05, 3.63) is 40.0 Å². The SMILES string of the molecule is O=[N+]([O-])c1ccc(NS(=O)(=O)CCO)cc1N1CCC(=C(F)F)CC1. The van der Waals surface area contributed by atoms with Crippen LogP contribution in [0.3, 0.4) is 0 Å². The van der Waals surface area contributed by atoms with Gasteiger partial charge in [-0.15, -0.1) is 0 Å². The molecule has 0 atom stereocenters. The van der Waals surface area contributed by atoms with Crippen LogP contribution in [-0.2, 0) is 10.0 Å². The van der Waals surface area contributed by atoms with E-state index in [9.17, 15) is 27.3 Å². The van der Waals surface area contributed by atoms with Gasteiger partial charge in [-0.05, 0) is 30.5 Å². The van der Waals surface area contributed by atoms with E-state index in [1.165, 1.54) is 12.1 Å². The van der Waals surface area contributed by atoms with Crippen LogP contribution in [0.5, 0.6) is 0 Å². The Kier molecular flexibility index (Phi) is 5.90. The Balaban J connectivity index is 2.30. The lowest BCUT2D eigenvalue weighted by atomic mass is 10.0. The molecule has 8 nitrogen and oxygen atoms in total. The van der Waals surface area contributed by atoms with Crippen LogP contribution >= 0.6 is 0 Å². The van der Waals surface area contributed by atoms with Gasteiger partial charge in [-0.2, -0.15) is 8.78 Å². The highest BCUT2D eigenvalue weighted by Crippen LogP contribution is 2.34. The molecular weight excluding hydrogens is 360 g/mol. The van der Waals surface area contributed by atoms with Gasteiger partial charge in [0.25, 0.3) is 11.8 Å². The maximum atomic E-state index is 12.6. The summed E-state index contributed by atoms with van der Waals surface area (Å²) in [7, 11) is -3.78. The Bertz CT molecular complexity index is 784. The Morgan fingerprint density at radius 1 is 1.32 bits per heavy atom. The second kappa shape index (κ2) is 7.74. The van der Waals surface area contributed by atoms with Crippen molar-refractivity contribution in [1.82, 2.24) is 0 Å². The topological polar surface area (TPSA) is 113 Å². The molecule has 138 valence electrons. The van der Waals surface area contributed by atoms with Gasteiger partial charge < -0.3 is 10.0 Å². The number of hydrogen-bond donors (Lipinski definition) is 2. The van der Waals surface area contributed by atoms with E-state index in [0.717, 1.165) is 6.07 Å². The van der Waals surface area contributed by atoms with Gasteiger partial charge in [-0.25, -0.2) is 8.42 Å². The summed E-state index contributed by atoms with van der Waals surface area (Å²) < 4.78 is 50.9. The van der Waals surface area contributed by atoms with Gasteiger partial charge in [0.05, 0.1) is 23.0 Å². The van der Waals surface area contributed by atoms with Crippen molar-refractivity contribution in [3.8, 4) is 0 Å². The van der Waals surface area contributed by atoms with Crippen molar-refractivity contribution in [1.29, 1.82) is 0 Å². The maximum Gasteiger partial charge on any atom is 0.292 e.